The third-order valence-electron chi connectivity index (χ3n) is 2.03. The van der Waals surface area contributed by atoms with Crippen molar-refractivity contribution in [3.8, 4) is 0 Å². The van der Waals surface area contributed by atoms with Gasteiger partial charge in [-0.3, -0.25) is 10.2 Å². The van der Waals surface area contributed by atoms with Gasteiger partial charge in [-0.15, -0.1) is 0 Å². The van der Waals surface area contributed by atoms with Crippen LogP contribution < -0.4 is 11.3 Å². The highest BCUT2D eigenvalue weighted by Crippen LogP contribution is 2.21. The summed E-state index contributed by atoms with van der Waals surface area (Å²) in [7, 11) is 1.81. The molecule has 0 aliphatic carbocycles. The van der Waals surface area contributed by atoms with E-state index in [-0.39, 0.29) is 5.76 Å². The van der Waals surface area contributed by atoms with E-state index in [0.29, 0.717) is 11.5 Å². The molecule has 2 aromatic heterocycles. The minimum atomic E-state index is -0.445. The average Bonchev–Trinajstić information content (AvgIpc) is 2.94. The lowest BCUT2D eigenvalue weighted by Gasteiger charge is -1.98. The molecule has 0 bridgehead atoms. The lowest BCUT2D eigenvalue weighted by atomic mass is 10.4. The molecule has 2 aromatic rings. The van der Waals surface area contributed by atoms with Crippen LogP contribution in [0, 0.1) is 0 Å². The minimum Gasteiger partial charge on any atom is -0.455 e. The number of thioether (sulfide) groups is 1. The summed E-state index contributed by atoms with van der Waals surface area (Å²) < 4.78 is 6.97. The number of nitrogens with zero attached hydrogens (tertiary/aromatic N) is 3. The number of aromatic nitrogens is 3. The van der Waals surface area contributed by atoms with Gasteiger partial charge in [0.2, 0.25) is 0 Å². The average molecular weight is 253 g/mol. The van der Waals surface area contributed by atoms with E-state index in [1.54, 1.807) is 16.8 Å². The Kier molecular flexibility index (Phi) is 3.45. The van der Waals surface area contributed by atoms with E-state index in [1.165, 1.54) is 18.1 Å². The molecule has 1 amide bonds. The summed E-state index contributed by atoms with van der Waals surface area (Å²) in [5, 5.41) is 4.73. The van der Waals surface area contributed by atoms with Gasteiger partial charge >= 0.3 is 5.91 Å². The number of furan rings is 1. The molecule has 3 N–H and O–H groups in total. The molecule has 2 rings (SSSR count). The van der Waals surface area contributed by atoms with Crippen molar-refractivity contribution in [3.63, 3.8) is 0 Å². The number of hydrazine groups is 1. The van der Waals surface area contributed by atoms with Gasteiger partial charge < -0.3 is 4.42 Å². The van der Waals surface area contributed by atoms with Crippen molar-refractivity contribution in [1.29, 1.82) is 0 Å². The number of carbonyl (C=O) groups is 1. The van der Waals surface area contributed by atoms with Crippen molar-refractivity contribution in [2.75, 3.05) is 0 Å². The molecule has 0 atom stereocenters. The molecule has 0 saturated carbocycles. The summed E-state index contributed by atoms with van der Waals surface area (Å²) in [6, 6.07) is 3.31. The molecule has 7 nitrogen and oxygen atoms in total. The van der Waals surface area contributed by atoms with Crippen LogP contribution in [0.15, 0.2) is 28.0 Å². The van der Waals surface area contributed by atoms with Crippen LogP contribution in [0.1, 0.15) is 16.3 Å². The normalized spacial score (nSPS) is 10.5. The summed E-state index contributed by atoms with van der Waals surface area (Å²) in [6.07, 6.45) is 1.48. The molecule has 0 spiro atoms. The zero-order chi connectivity index (χ0) is 12.3. The van der Waals surface area contributed by atoms with E-state index < -0.39 is 5.91 Å². The largest absolute Gasteiger partial charge is 0.455 e. The van der Waals surface area contributed by atoms with E-state index >= 15 is 0 Å². The van der Waals surface area contributed by atoms with Crippen LogP contribution >= 0.6 is 11.8 Å². The number of rotatable bonds is 4. The van der Waals surface area contributed by atoms with Crippen molar-refractivity contribution in [2.45, 2.75) is 10.9 Å². The van der Waals surface area contributed by atoms with Crippen molar-refractivity contribution < 1.29 is 9.21 Å². The van der Waals surface area contributed by atoms with Gasteiger partial charge in [-0.05, 0) is 12.1 Å². The molecule has 90 valence electrons. The smallest absolute Gasteiger partial charge is 0.300 e. The fourth-order valence-corrected chi connectivity index (χ4v) is 1.98. The zero-order valence-corrected chi connectivity index (χ0v) is 9.90. The third-order valence-corrected chi connectivity index (χ3v) is 3.09. The Morgan fingerprint density at radius 3 is 3.12 bits per heavy atom. The number of nitrogen functional groups attached to an aromatic ring is 1. The van der Waals surface area contributed by atoms with Gasteiger partial charge in [0.05, 0.1) is 5.75 Å². The summed E-state index contributed by atoms with van der Waals surface area (Å²) in [4.78, 5) is 15.2. The molecule has 8 heteroatoms. The van der Waals surface area contributed by atoms with Crippen molar-refractivity contribution >= 4 is 17.7 Å². The maximum absolute atomic E-state index is 11.2. The van der Waals surface area contributed by atoms with Gasteiger partial charge in [-0.25, -0.2) is 15.5 Å². The van der Waals surface area contributed by atoms with Gasteiger partial charge in [0.1, 0.15) is 12.1 Å². The second-order valence-electron chi connectivity index (χ2n) is 3.19. The number of aryl methyl sites for hydroxylation is 1. The molecule has 2 heterocycles. The maximum atomic E-state index is 11.2. The van der Waals surface area contributed by atoms with Crippen LogP contribution in [0.2, 0.25) is 0 Å². The molecule has 0 fully saturated rings. The first-order valence-corrected chi connectivity index (χ1v) is 5.75. The maximum Gasteiger partial charge on any atom is 0.300 e. The lowest BCUT2D eigenvalue weighted by molar-refractivity contribution is 0.0924. The van der Waals surface area contributed by atoms with E-state index in [0.717, 1.165) is 5.16 Å². The lowest BCUT2D eigenvalue weighted by Crippen LogP contribution is -2.29. The van der Waals surface area contributed by atoms with Crippen molar-refractivity contribution in [3.05, 3.63) is 30.0 Å². The summed E-state index contributed by atoms with van der Waals surface area (Å²) in [5.41, 5.74) is 2.01. The molecule has 0 aromatic carbocycles. The molecule has 0 aliphatic heterocycles. The third kappa shape index (κ3) is 2.66. The van der Waals surface area contributed by atoms with Crippen LogP contribution in [0.25, 0.3) is 0 Å². The van der Waals surface area contributed by atoms with Crippen LogP contribution in [0.5, 0.6) is 0 Å². The number of amides is 1. The molecule has 0 saturated heterocycles. The highest BCUT2D eigenvalue weighted by atomic mass is 32.2. The summed E-state index contributed by atoms with van der Waals surface area (Å²) >= 11 is 1.47. The predicted octanol–water partition coefficient (Wildman–Crippen LogP) is 0.304. The van der Waals surface area contributed by atoms with Crippen molar-refractivity contribution in [2.24, 2.45) is 12.9 Å². The summed E-state index contributed by atoms with van der Waals surface area (Å²) in [6.45, 7) is 0. The highest BCUT2D eigenvalue weighted by molar-refractivity contribution is 7.98. The number of nitrogens with one attached hydrogen (secondary N) is 1. The van der Waals surface area contributed by atoms with Crippen molar-refractivity contribution in [1.82, 2.24) is 20.2 Å². The van der Waals surface area contributed by atoms with Crippen LogP contribution in [0.3, 0.4) is 0 Å². The highest BCUT2D eigenvalue weighted by Gasteiger charge is 2.10. The standard InChI is InChI=1S/C9H11N5O2S/c1-14-9(11-5-12-14)17-4-6-2-3-7(16-6)8(15)13-10/h2-3,5H,4,10H2,1H3,(H,13,15). The molecule has 0 aliphatic rings. The van der Waals surface area contributed by atoms with Gasteiger partial charge in [0, 0.05) is 7.05 Å². The van der Waals surface area contributed by atoms with E-state index in [2.05, 4.69) is 10.1 Å². The fourth-order valence-electron chi connectivity index (χ4n) is 1.20. The Balaban J connectivity index is 1.98. The first kappa shape index (κ1) is 11.7. The Morgan fingerprint density at radius 1 is 1.65 bits per heavy atom. The second kappa shape index (κ2) is 5.02. The van der Waals surface area contributed by atoms with Crippen LogP contribution in [0.4, 0.5) is 0 Å². The monoisotopic (exact) mass is 253 g/mol. The van der Waals surface area contributed by atoms with Gasteiger partial charge in [-0.2, -0.15) is 5.10 Å². The second-order valence-corrected chi connectivity index (χ2v) is 4.14. The minimum absolute atomic E-state index is 0.195. The predicted molar refractivity (Wildman–Crippen MR) is 60.9 cm³/mol. The fraction of sp³-hybridized carbons (Fsp3) is 0.222. The first-order valence-electron chi connectivity index (χ1n) is 4.77. The SMILES string of the molecule is Cn1ncnc1SCc1ccc(C(=O)NN)o1. The number of nitrogens with two attached hydrogens (primary N) is 1. The Bertz CT molecular complexity index is 521. The van der Waals surface area contributed by atoms with Gasteiger partial charge in [0.15, 0.2) is 10.9 Å². The van der Waals surface area contributed by atoms with Gasteiger partial charge in [0.25, 0.3) is 0 Å². The number of hydrogen-bond donors (Lipinski definition) is 2. The zero-order valence-electron chi connectivity index (χ0n) is 9.08. The number of hydrogen-bond acceptors (Lipinski definition) is 6. The molecule has 0 radical (unpaired) electrons. The van der Waals surface area contributed by atoms with E-state index in [4.69, 9.17) is 10.3 Å². The van der Waals surface area contributed by atoms with Crippen LogP contribution in [-0.4, -0.2) is 20.7 Å². The Hall–Kier alpha value is -1.80. The summed E-state index contributed by atoms with van der Waals surface area (Å²) in [5.74, 6) is 6.00. The quantitative estimate of drug-likeness (QED) is 0.352. The number of carbonyl (C=O) groups excluding carboxylic acids is 1. The molecule has 0 unspecified atom stereocenters. The Labute approximate surface area is 101 Å². The van der Waals surface area contributed by atoms with E-state index in [1.807, 2.05) is 12.5 Å². The first-order chi connectivity index (χ1) is 8.20. The van der Waals surface area contributed by atoms with E-state index in [9.17, 15) is 4.79 Å². The topological polar surface area (TPSA) is 99.0 Å². The molecular weight excluding hydrogens is 242 g/mol. The molecule has 17 heavy (non-hydrogen) atoms. The Morgan fingerprint density at radius 2 is 2.47 bits per heavy atom. The molecular formula is C9H11N5O2S. The van der Waals surface area contributed by atoms with Gasteiger partial charge in [-0.1, -0.05) is 11.8 Å². The van der Waals surface area contributed by atoms with Crippen LogP contribution in [-0.2, 0) is 12.8 Å².